The second-order valence-electron chi connectivity index (χ2n) is 21.5. The van der Waals surface area contributed by atoms with Crippen LogP contribution in [0.15, 0.2) is 5.10 Å². The molecular formula is C48H74N5O34-3. The van der Waals surface area contributed by atoms with Crippen LogP contribution in [0.25, 0.3) is 0 Å². The molecule has 26 unspecified atom stereocenters. The molecule has 4 amide bonds. The highest BCUT2D eigenvalue weighted by molar-refractivity contribution is 5.80. The lowest BCUT2D eigenvalue weighted by atomic mass is 9.93. The summed E-state index contributed by atoms with van der Waals surface area (Å²) in [6.07, 6.45) is -56.0. The minimum absolute atomic E-state index is 0.748. The highest BCUT2D eigenvalue weighted by Crippen LogP contribution is 2.37. The number of rotatable bonds is 25. The second-order valence-corrected chi connectivity index (χ2v) is 21.5. The van der Waals surface area contributed by atoms with Gasteiger partial charge in [-0.2, -0.15) is 5.10 Å². The second kappa shape index (κ2) is 31.5. The predicted octanol–water partition coefficient (Wildman–Crippen LogP) is -14.6. The molecule has 0 aromatic heterocycles. The van der Waals surface area contributed by atoms with Crippen molar-refractivity contribution in [3.8, 4) is 0 Å². The van der Waals surface area contributed by atoms with E-state index in [-0.39, 0.29) is 0 Å². The molecule has 0 aromatic carbocycles. The number of hydrazone groups is 1. The molecule has 5 aliphatic heterocycles. The zero-order valence-corrected chi connectivity index (χ0v) is 47.4. The SMILES string of the molecule is COC1C(C(=O)[O-])OC(OC2C(O)C(CO)O[C@H](OC3C(C(=O)[O-])OC(OC4C(O)C(CO)O[C@H](OC5CC(C(=O)[O-])OC(OC(C(/C=N/NC(=O)OC(C)(C)C)NC(C)=O)C(O)C(O)CO)C5O)C4NC(C)=O)C(O)C3O)C2NC(C)=O)C(O)C1O. The van der Waals surface area contributed by atoms with Crippen molar-refractivity contribution in [2.45, 2.75) is 225 Å². The molecule has 5 saturated heterocycles. The lowest BCUT2D eigenvalue weighted by Gasteiger charge is -2.51. The van der Waals surface area contributed by atoms with Crippen molar-refractivity contribution in [3.63, 3.8) is 0 Å². The number of hydrogen-bond acceptors (Lipinski definition) is 35. The number of aliphatic carboxylic acids is 3. The summed E-state index contributed by atoms with van der Waals surface area (Å²) in [6.45, 7) is 3.89. The highest BCUT2D eigenvalue weighted by Gasteiger charge is 2.58. The van der Waals surface area contributed by atoms with Crippen molar-refractivity contribution in [1.82, 2.24) is 21.4 Å². The molecule has 0 aliphatic carbocycles. The maximum atomic E-state index is 12.9. The maximum Gasteiger partial charge on any atom is 0.428 e. The van der Waals surface area contributed by atoms with Crippen LogP contribution in [0.5, 0.6) is 0 Å². The highest BCUT2D eigenvalue weighted by atomic mass is 16.8. The Bertz CT molecular complexity index is 2360. The summed E-state index contributed by atoms with van der Waals surface area (Å²) in [5, 5.41) is 180. The number of amides is 4. The summed E-state index contributed by atoms with van der Waals surface area (Å²) < 4.78 is 66.9. The average molecular weight is 1270 g/mol. The van der Waals surface area contributed by atoms with E-state index in [0.717, 1.165) is 34.1 Å². The number of aliphatic hydroxyl groups excluding tert-OH is 12. The average Bonchev–Trinajstić information content (AvgIpc) is 1.13. The summed E-state index contributed by atoms with van der Waals surface area (Å²) in [6, 6.07) is -5.68. The zero-order valence-electron chi connectivity index (χ0n) is 47.4. The van der Waals surface area contributed by atoms with Crippen LogP contribution in [-0.4, -0.2) is 313 Å². The van der Waals surface area contributed by atoms with Gasteiger partial charge in [0.15, 0.2) is 31.5 Å². The Morgan fingerprint density at radius 1 is 0.598 bits per heavy atom. The van der Waals surface area contributed by atoms with Gasteiger partial charge in [0.2, 0.25) is 17.7 Å². The number of nitrogens with one attached hydrogen (secondary N) is 4. The van der Waals surface area contributed by atoms with Crippen LogP contribution in [0.1, 0.15) is 48.0 Å². The van der Waals surface area contributed by atoms with Gasteiger partial charge in [0.1, 0.15) is 134 Å². The summed E-state index contributed by atoms with van der Waals surface area (Å²) in [7, 11) is 0.966. The van der Waals surface area contributed by atoms with Gasteiger partial charge in [0.05, 0.1) is 56.1 Å². The number of aliphatic hydroxyl groups is 12. The smallest absolute Gasteiger partial charge is 0.428 e. The van der Waals surface area contributed by atoms with E-state index in [4.69, 9.17) is 56.8 Å². The van der Waals surface area contributed by atoms with Crippen molar-refractivity contribution >= 4 is 47.9 Å². The third-order valence-electron chi connectivity index (χ3n) is 13.8. The Hall–Kier alpha value is -5.16. The monoisotopic (exact) mass is 1260 g/mol. The van der Waals surface area contributed by atoms with Crippen LogP contribution >= 0.6 is 0 Å². The summed E-state index contributed by atoms with van der Waals surface area (Å²) in [5.74, 6) is -9.05. The summed E-state index contributed by atoms with van der Waals surface area (Å²) >= 11 is 0. The number of carbonyl (C=O) groups excluding carboxylic acids is 7. The van der Waals surface area contributed by atoms with Gasteiger partial charge < -0.3 is 164 Å². The molecule has 5 fully saturated rings. The molecule has 5 heterocycles. The molecule has 28 atom stereocenters. The van der Waals surface area contributed by atoms with E-state index in [0.29, 0.717) is 0 Å². The van der Waals surface area contributed by atoms with Crippen molar-refractivity contribution in [2.75, 3.05) is 26.9 Å². The van der Waals surface area contributed by atoms with Gasteiger partial charge in [-0.25, -0.2) is 10.2 Å². The van der Waals surface area contributed by atoms with Gasteiger partial charge in [-0.15, -0.1) is 0 Å². The van der Waals surface area contributed by atoms with Crippen molar-refractivity contribution in [2.24, 2.45) is 5.10 Å². The molecule has 0 aromatic rings. The number of ether oxygens (including phenoxy) is 12. The van der Waals surface area contributed by atoms with Gasteiger partial charge in [-0.05, 0) is 20.8 Å². The molecule has 87 heavy (non-hydrogen) atoms. The fraction of sp³-hybridized carbons (Fsp3) is 0.833. The fourth-order valence-corrected chi connectivity index (χ4v) is 9.79. The lowest BCUT2D eigenvalue weighted by molar-refractivity contribution is -0.389. The Morgan fingerprint density at radius 3 is 1.49 bits per heavy atom. The fourth-order valence-electron chi connectivity index (χ4n) is 9.79. The molecule has 39 nitrogen and oxygen atoms in total. The van der Waals surface area contributed by atoms with Gasteiger partial charge in [0, 0.05) is 34.3 Å². The van der Waals surface area contributed by atoms with E-state index in [2.05, 4.69) is 21.1 Å². The standard InChI is InChI=1S/C48H77N5O34/c1-13(57)50-16(9-49-53-47(75)87-48(4,5)6)32(24(61)17(60)10-54)81-44-27(64)18(8-19(78-44)39(69)70)77-42-22(51-14(2)58)33(25(62)20(11-55)79-42)82-46-31(68)29(66)36(38(86-46)41(73)74)84-43-23(52-15(3)59)34(26(63)21(12-56)80-43)83-45-30(67)28(65)35(76-7)37(85-45)40(71)72/h9,16-38,42-46,54-56,60-68H,8,10-12H2,1-7H3,(H,50,57)(H,51,58)(H,52,59)(H,53,75)(H,69,70)(H,71,72)(H,73,74)/p-3/b49-9+/t16?,17?,18?,19?,20?,21?,22?,23?,24?,25?,26?,27?,28?,29?,30?,31?,32?,33?,34?,35?,36?,37?,38?,42-,43+,44?,45?,46?/m0/s1. The minimum Gasteiger partial charge on any atom is -0.547 e. The van der Waals surface area contributed by atoms with E-state index in [1.807, 2.05) is 5.43 Å². The number of carbonyl (C=O) groups is 7. The summed E-state index contributed by atoms with van der Waals surface area (Å²) in [5.41, 5.74) is 0.960. The normalized spacial score (nSPS) is 38.9. The first-order chi connectivity index (χ1) is 40.7. The van der Waals surface area contributed by atoms with Crippen molar-refractivity contribution in [3.05, 3.63) is 0 Å². The van der Waals surface area contributed by atoms with Crippen LogP contribution in [0.2, 0.25) is 0 Å². The first kappa shape index (κ1) is 72.6. The molecule has 498 valence electrons. The van der Waals surface area contributed by atoms with E-state index in [9.17, 15) is 110 Å². The Balaban J connectivity index is 1.44. The van der Waals surface area contributed by atoms with Crippen LogP contribution in [0.4, 0.5) is 4.79 Å². The molecule has 5 aliphatic rings. The first-order valence-electron chi connectivity index (χ1n) is 26.7. The minimum atomic E-state index is -2.63. The van der Waals surface area contributed by atoms with E-state index in [1.54, 1.807) is 0 Å². The molecule has 16 N–H and O–H groups in total. The van der Waals surface area contributed by atoms with Gasteiger partial charge in [-0.3, -0.25) is 14.4 Å². The van der Waals surface area contributed by atoms with Gasteiger partial charge in [0.25, 0.3) is 0 Å². The quantitative estimate of drug-likeness (QED) is 0.0298. The van der Waals surface area contributed by atoms with E-state index < -0.39 is 245 Å². The topological polar surface area (TPSA) is 603 Å². The molecular weight excluding hydrogens is 1190 g/mol. The predicted molar refractivity (Wildman–Crippen MR) is 264 cm³/mol. The van der Waals surface area contributed by atoms with Crippen molar-refractivity contribution < 1.29 is 167 Å². The Kier molecular flexibility index (Phi) is 26.3. The summed E-state index contributed by atoms with van der Waals surface area (Å²) in [4.78, 5) is 87.6. The number of carboxylic acid groups (broad SMARTS) is 3. The van der Waals surface area contributed by atoms with Crippen LogP contribution in [-0.2, 0) is 85.6 Å². The van der Waals surface area contributed by atoms with Crippen LogP contribution in [0, 0.1) is 0 Å². The Labute approximate surface area is 492 Å². The molecule has 0 saturated carbocycles. The molecule has 5 rings (SSSR count). The molecule has 0 spiro atoms. The number of hydrogen-bond donors (Lipinski definition) is 16. The lowest BCUT2D eigenvalue weighted by Crippen LogP contribution is -2.71. The number of methoxy groups -OCH3 is 1. The zero-order chi connectivity index (χ0) is 65.3. The molecule has 0 bridgehead atoms. The van der Waals surface area contributed by atoms with E-state index in [1.165, 1.54) is 20.8 Å². The Morgan fingerprint density at radius 2 is 1.07 bits per heavy atom. The third kappa shape index (κ3) is 18.3. The van der Waals surface area contributed by atoms with Gasteiger partial charge in [-0.1, -0.05) is 0 Å². The number of carboxylic acids is 3. The van der Waals surface area contributed by atoms with Crippen LogP contribution < -0.4 is 36.7 Å². The van der Waals surface area contributed by atoms with Gasteiger partial charge >= 0.3 is 6.09 Å². The van der Waals surface area contributed by atoms with E-state index >= 15 is 0 Å². The maximum absolute atomic E-state index is 12.9. The van der Waals surface area contributed by atoms with Crippen LogP contribution in [0.3, 0.4) is 0 Å². The molecule has 39 heteroatoms. The van der Waals surface area contributed by atoms with Crippen molar-refractivity contribution in [1.29, 1.82) is 0 Å². The molecule has 0 radical (unpaired) electrons. The third-order valence-corrected chi connectivity index (χ3v) is 13.8. The number of nitrogens with zero attached hydrogens (tertiary/aromatic N) is 1. The first-order valence-corrected chi connectivity index (χ1v) is 26.7. The largest absolute Gasteiger partial charge is 0.547 e.